The van der Waals surface area contributed by atoms with Crippen molar-refractivity contribution in [3.05, 3.63) is 59.7 Å². The van der Waals surface area contributed by atoms with Gasteiger partial charge in [-0.2, -0.15) is 4.98 Å². The first-order chi connectivity index (χ1) is 12.9. The number of aromatic nitrogens is 2. The Morgan fingerprint density at radius 1 is 1.11 bits per heavy atom. The van der Waals surface area contributed by atoms with Crippen molar-refractivity contribution < 1.29 is 14.1 Å². The topological polar surface area (TPSA) is 77.2 Å². The molecule has 1 aromatic heterocycles. The first kappa shape index (κ1) is 18.6. The van der Waals surface area contributed by atoms with Crippen LogP contribution in [0.1, 0.15) is 37.8 Å². The van der Waals surface area contributed by atoms with Crippen LogP contribution in [0.5, 0.6) is 5.75 Å². The molecular formula is C21H23N3O3. The van der Waals surface area contributed by atoms with Crippen molar-refractivity contribution in [2.75, 3.05) is 5.32 Å². The van der Waals surface area contributed by atoms with Crippen LogP contribution in [-0.4, -0.2) is 22.2 Å². The first-order valence-corrected chi connectivity index (χ1v) is 8.91. The van der Waals surface area contributed by atoms with Crippen molar-refractivity contribution in [2.24, 2.45) is 0 Å². The van der Waals surface area contributed by atoms with E-state index in [9.17, 15) is 4.79 Å². The van der Waals surface area contributed by atoms with E-state index in [1.165, 1.54) is 0 Å². The Labute approximate surface area is 158 Å². The van der Waals surface area contributed by atoms with Gasteiger partial charge in [-0.3, -0.25) is 10.1 Å². The third-order valence-corrected chi connectivity index (χ3v) is 4.15. The standard InChI is InChI=1S/C21H23N3O3/c1-13(2)17-11-10-14(3)12-18(17)26-15(4)19(25)22-21-23-20(27-24-21)16-8-6-5-7-9-16/h5-13,15H,1-4H3,(H,22,24,25). The third kappa shape index (κ3) is 4.53. The summed E-state index contributed by atoms with van der Waals surface area (Å²) in [7, 11) is 0. The molecule has 0 spiro atoms. The number of nitrogens with one attached hydrogen (secondary N) is 1. The molecule has 0 saturated heterocycles. The van der Waals surface area contributed by atoms with Gasteiger partial charge in [0.1, 0.15) is 5.75 Å². The number of aryl methyl sites for hydroxylation is 1. The molecule has 3 aromatic rings. The summed E-state index contributed by atoms with van der Waals surface area (Å²) in [5.74, 6) is 1.13. The maximum absolute atomic E-state index is 12.5. The van der Waals surface area contributed by atoms with Gasteiger partial charge in [0, 0.05) is 5.56 Å². The molecule has 0 aliphatic rings. The number of rotatable bonds is 6. The zero-order chi connectivity index (χ0) is 19.4. The molecule has 0 aliphatic carbocycles. The van der Waals surface area contributed by atoms with Gasteiger partial charge in [-0.1, -0.05) is 44.2 Å². The van der Waals surface area contributed by atoms with Crippen molar-refractivity contribution in [1.29, 1.82) is 0 Å². The van der Waals surface area contributed by atoms with E-state index in [1.54, 1.807) is 6.92 Å². The molecule has 0 fully saturated rings. The van der Waals surface area contributed by atoms with Gasteiger partial charge in [0.05, 0.1) is 0 Å². The molecule has 140 valence electrons. The molecule has 6 heteroatoms. The molecule has 0 saturated carbocycles. The average Bonchev–Trinajstić information content (AvgIpc) is 3.10. The zero-order valence-electron chi connectivity index (χ0n) is 15.9. The Morgan fingerprint density at radius 2 is 1.85 bits per heavy atom. The van der Waals surface area contributed by atoms with Gasteiger partial charge >= 0.3 is 0 Å². The Bertz CT molecular complexity index is 919. The fourth-order valence-corrected chi connectivity index (χ4v) is 2.65. The van der Waals surface area contributed by atoms with Gasteiger partial charge in [-0.15, -0.1) is 0 Å². The van der Waals surface area contributed by atoms with Crippen LogP contribution in [0, 0.1) is 6.92 Å². The number of hydrogen-bond acceptors (Lipinski definition) is 5. The minimum absolute atomic E-state index is 0.114. The quantitative estimate of drug-likeness (QED) is 0.692. The zero-order valence-corrected chi connectivity index (χ0v) is 15.9. The van der Waals surface area contributed by atoms with E-state index >= 15 is 0 Å². The lowest BCUT2D eigenvalue weighted by atomic mass is 10.0. The monoisotopic (exact) mass is 365 g/mol. The molecule has 1 atom stereocenters. The highest BCUT2D eigenvalue weighted by molar-refractivity contribution is 5.92. The SMILES string of the molecule is Cc1ccc(C(C)C)c(OC(C)C(=O)Nc2noc(-c3ccccc3)n2)c1. The van der Waals surface area contributed by atoms with Crippen molar-refractivity contribution in [3.63, 3.8) is 0 Å². The largest absolute Gasteiger partial charge is 0.481 e. The molecule has 6 nitrogen and oxygen atoms in total. The van der Waals surface area contributed by atoms with E-state index in [-0.39, 0.29) is 11.9 Å². The number of amides is 1. The molecule has 0 aliphatic heterocycles. The normalized spacial score (nSPS) is 12.0. The number of benzene rings is 2. The van der Waals surface area contributed by atoms with E-state index in [1.807, 2.05) is 55.5 Å². The number of ether oxygens (including phenoxy) is 1. The van der Waals surface area contributed by atoms with Crippen molar-refractivity contribution in [3.8, 4) is 17.2 Å². The van der Waals surface area contributed by atoms with Crippen LogP contribution in [0.2, 0.25) is 0 Å². The molecule has 2 aromatic carbocycles. The van der Waals surface area contributed by atoms with E-state index in [0.29, 0.717) is 17.6 Å². The van der Waals surface area contributed by atoms with Gasteiger partial charge in [0.2, 0.25) is 0 Å². The van der Waals surface area contributed by atoms with Crippen LogP contribution in [0.25, 0.3) is 11.5 Å². The second-order valence-corrected chi connectivity index (χ2v) is 6.73. The molecule has 1 heterocycles. The predicted molar refractivity (Wildman–Crippen MR) is 104 cm³/mol. The molecule has 1 N–H and O–H groups in total. The smallest absolute Gasteiger partial charge is 0.270 e. The second kappa shape index (κ2) is 8.03. The van der Waals surface area contributed by atoms with Crippen LogP contribution in [-0.2, 0) is 4.79 Å². The maximum atomic E-state index is 12.5. The fourth-order valence-electron chi connectivity index (χ4n) is 2.65. The molecule has 3 rings (SSSR count). The molecule has 1 unspecified atom stereocenters. The summed E-state index contributed by atoms with van der Waals surface area (Å²) < 4.78 is 11.1. The molecule has 0 radical (unpaired) electrons. The van der Waals surface area contributed by atoms with Crippen LogP contribution >= 0.6 is 0 Å². The average molecular weight is 365 g/mol. The van der Waals surface area contributed by atoms with E-state index in [2.05, 4.69) is 29.3 Å². The summed E-state index contributed by atoms with van der Waals surface area (Å²) in [5.41, 5.74) is 2.93. The number of nitrogens with zero attached hydrogens (tertiary/aromatic N) is 2. The molecular weight excluding hydrogens is 342 g/mol. The Morgan fingerprint density at radius 3 is 2.56 bits per heavy atom. The van der Waals surface area contributed by atoms with Crippen LogP contribution < -0.4 is 10.1 Å². The van der Waals surface area contributed by atoms with Gasteiger partial charge in [0.15, 0.2) is 6.10 Å². The summed E-state index contributed by atoms with van der Waals surface area (Å²) in [4.78, 5) is 16.7. The van der Waals surface area contributed by atoms with Crippen molar-refractivity contribution >= 4 is 11.9 Å². The summed E-state index contributed by atoms with van der Waals surface area (Å²) in [6.07, 6.45) is -0.706. The highest BCUT2D eigenvalue weighted by Crippen LogP contribution is 2.28. The summed E-state index contributed by atoms with van der Waals surface area (Å²) in [6.45, 7) is 7.87. The van der Waals surface area contributed by atoms with Crippen LogP contribution in [0.15, 0.2) is 53.1 Å². The van der Waals surface area contributed by atoms with Crippen molar-refractivity contribution in [2.45, 2.75) is 39.7 Å². The van der Waals surface area contributed by atoms with Gasteiger partial charge < -0.3 is 9.26 Å². The van der Waals surface area contributed by atoms with Gasteiger partial charge in [-0.05, 0) is 54.2 Å². The Kier molecular flexibility index (Phi) is 5.54. The molecule has 27 heavy (non-hydrogen) atoms. The predicted octanol–water partition coefficient (Wildman–Crippen LogP) is 4.57. The van der Waals surface area contributed by atoms with Gasteiger partial charge in [-0.25, -0.2) is 0 Å². The Balaban J connectivity index is 1.69. The first-order valence-electron chi connectivity index (χ1n) is 8.91. The minimum Gasteiger partial charge on any atom is -0.481 e. The number of anilines is 1. The highest BCUT2D eigenvalue weighted by atomic mass is 16.5. The van der Waals surface area contributed by atoms with E-state index in [4.69, 9.17) is 9.26 Å². The number of hydrogen-bond donors (Lipinski definition) is 1. The summed E-state index contributed by atoms with van der Waals surface area (Å²) >= 11 is 0. The van der Waals surface area contributed by atoms with E-state index < -0.39 is 6.10 Å². The van der Waals surface area contributed by atoms with Crippen LogP contribution in [0.3, 0.4) is 0 Å². The van der Waals surface area contributed by atoms with Gasteiger partial charge in [0.25, 0.3) is 17.7 Å². The van der Waals surface area contributed by atoms with Crippen LogP contribution in [0.4, 0.5) is 5.95 Å². The van der Waals surface area contributed by atoms with Crippen molar-refractivity contribution in [1.82, 2.24) is 10.1 Å². The lowest BCUT2D eigenvalue weighted by Crippen LogP contribution is -2.30. The summed E-state index contributed by atoms with van der Waals surface area (Å²) in [5, 5.41) is 6.44. The summed E-state index contributed by atoms with van der Waals surface area (Å²) in [6, 6.07) is 15.4. The number of carbonyl (C=O) groups is 1. The minimum atomic E-state index is -0.706. The Hall–Kier alpha value is -3.15. The molecule has 0 bridgehead atoms. The maximum Gasteiger partial charge on any atom is 0.270 e. The van der Waals surface area contributed by atoms with E-state index in [0.717, 1.165) is 16.7 Å². The third-order valence-electron chi connectivity index (χ3n) is 4.15. The second-order valence-electron chi connectivity index (χ2n) is 6.73. The highest BCUT2D eigenvalue weighted by Gasteiger charge is 2.20. The lowest BCUT2D eigenvalue weighted by molar-refractivity contribution is -0.122. The lowest BCUT2D eigenvalue weighted by Gasteiger charge is -2.18. The fraction of sp³-hybridized carbons (Fsp3) is 0.286. The number of carbonyl (C=O) groups excluding carboxylic acids is 1. The molecule has 1 amide bonds.